The number of thioether (sulfide) groups is 1. The first-order valence-electron chi connectivity index (χ1n) is 5.99. The molecule has 0 aliphatic carbocycles. The van der Waals surface area contributed by atoms with Crippen molar-refractivity contribution >= 4 is 11.8 Å². The SMILES string of the molecule is CC(CCN)SCc1nnc(-c2ccccc2)o1. The summed E-state index contributed by atoms with van der Waals surface area (Å²) in [5, 5.41) is 8.63. The van der Waals surface area contributed by atoms with Gasteiger partial charge in [0.25, 0.3) is 0 Å². The van der Waals surface area contributed by atoms with E-state index in [2.05, 4.69) is 17.1 Å². The summed E-state index contributed by atoms with van der Waals surface area (Å²) in [6.07, 6.45) is 1.00. The standard InChI is InChI=1S/C13H17N3OS/c1-10(7-8-14)18-9-12-15-16-13(17-12)11-5-3-2-4-6-11/h2-6,10H,7-9,14H2,1H3. The fourth-order valence-corrected chi connectivity index (χ4v) is 2.39. The van der Waals surface area contributed by atoms with E-state index >= 15 is 0 Å². The topological polar surface area (TPSA) is 64.9 Å². The molecule has 96 valence electrons. The summed E-state index contributed by atoms with van der Waals surface area (Å²) in [6, 6.07) is 9.79. The molecule has 1 heterocycles. The van der Waals surface area contributed by atoms with Gasteiger partial charge < -0.3 is 10.2 Å². The van der Waals surface area contributed by atoms with Crippen molar-refractivity contribution in [2.75, 3.05) is 6.54 Å². The lowest BCUT2D eigenvalue weighted by Crippen LogP contribution is -2.07. The highest BCUT2D eigenvalue weighted by Crippen LogP contribution is 2.22. The van der Waals surface area contributed by atoms with Gasteiger partial charge >= 0.3 is 0 Å². The molecule has 0 aliphatic heterocycles. The van der Waals surface area contributed by atoms with E-state index in [9.17, 15) is 0 Å². The van der Waals surface area contributed by atoms with Crippen molar-refractivity contribution in [3.8, 4) is 11.5 Å². The lowest BCUT2D eigenvalue weighted by Gasteiger charge is -2.06. The lowest BCUT2D eigenvalue weighted by molar-refractivity contribution is 0.528. The van der Waals surface area contributed by atoms with Gasteiger partial charge in [0.15, 0.2) is 0 Å². The Bertz CT molecular complexity index is 472. The number of aromatic nitrogens is 2. The van der Waals surface area contributed by atoms with Crippen molar-refractivity contribution in [2.24, 2.45) is 5.73 Å². The van der Waals surface area contributed by atoms with Crippen molar-refractivity contribution < 1.29 is 4.42 Å². The summed E-state index contributed by atoms with van der Waals surface area (Å²) in [6.45, 7) is 2.87. The summed E-state index contributed by atoms with van der Waals surface area (Å²) >= 11 is 1.79. The average Bonchev–Trinajstić information content (AvgIpc) is 2.87. The number of benzene rings is 1. The highest BCUT2D eigenvalue weighted by molar-refractivity contribution is 7.99. The molecule has 0 spiro atoms. The fourth-order valence-electron chi connectivity index (χ4n) is 1.54. The van der Waals surface area contributed by atoms with Crippen LogP contribution in [0, 0.1) is 0 Å². The van der Waals surface area contributed by atoms with Crippen molar-refractivity contribution in [1.82, 2.24) is 10.2 Å². The molecule has 0 fully saturated rings. The molecular formula is C13H17N3OS. The minimum absolute atomic E-state index is 0.516. The third-order valence-corrected chi connectivity index (χ3v) is 3.77. The molecule has 2 rings (SSSR count). The highest BCUT2D eigenvalue weighted by Gasteiger charge is 2.09. The third-order valence-electron chi connectivity index (χ3n) is 2.55. The lowest BCUT2D eigenvalue weighted by atomic mass is 10.2. The molecule has 1 aromatic heterocycles. The van der Waals surface area contributed by atoms with Gasteiger partial charge in [0, 0.05) is 10.8 Å². The summed E-state index contributed by atoms with van der Waals surface area (Å²) in [7, 11) is 0. The molecule has 1 unspecified atom stereocenters. The van der Waals surface area contributed by atoms with Crippen LogP contribution in [0.3, 0.4) is 0 Å². The highest BCUT2D eigenvalue weighted by atomic mass is 32.2. The molecule has 1 atom stereocenters. The van der Waals surface area contributed by atoms with E-state index < -0.39 is 0 Å². The van der Waals surface area contributed by atoms with E-state index in [1.807, 2.05) is 30.3 Å². The molecule has 18 heavy (non-hydrogen) atoms. The molecule has 5 heteroatoms. The van der Waals surface area contributed by atoms with Crippen LogP contribution in [0.2, 0.25) is 0 Å². The van der Waals surface area contributed by atoms with Crippen molar-refractivity contribution in [3.05, 3.63) is 36.2 Å². The Balaban J connectivity index is 1.95. The van der Waals surface area contributed by atoms with Gasteiger partial charge in [0.1, 0.15) is 0 Å². The zero-order valence-corrected chi connectivity index (χ0v) is 11.2. The third kappa shape index (κ3) is 3.58. The minimum atomic E-state index is 0.516. The predicted octanol–water partition coefficient (Wildman–Crippen LogP) is 2.71. The maximum atomic E-state index is 5.62. The molecule has 2 N–H and O–H groups in total. The second-order valence-corrected chi connectivity index (χ2v) is 5.49. The zero-order chi connectivity index (χ0) is 12.8. The molecule has 0 saturated heterocycles. The van der Waals surface area contributed by atoms with Gasteiger partial charge in [0.05, 0.1) is 5.75 Å². The second-order valence-electron chi connectivity index (χ2n) is 4.07. The Morgan fingerprint density at radius 3 is 2.78 bits per heavy atom. The Morgan fingerprint density at radius 2 is 2.06 bits per heavy atom. The molecule has 4 nitrogen and oxygen atoms in total. The van der Waals surface area contributed by atoms with Crippen molar-refractivity contribution in [2.45, 2.75) is 24.3 Å². The zero-order valence-electron chi connectivity index (χ0n) is 10.4. The quantitative estimate of drug-likeness (QED) is 0.868. The molecule has 1 aromatic carbocycles. The number of nitrogens with zero attached hydrogens (tertiary/aromatic N) is 2. The molecule has 0 radical (unpaired) electrons. The van der Waals surface area contributed by atoms with Crippen molar-refractivity contribution in [1.29, 1.82) is 0 Å². The van der Waals surface area contributed by atoms with E-state index in [4.69, 9.17) is 10.2 Å². The predicted molar refractivity (Wildman–Crippen MR) is 74.2 cm³/mol. The maximum absolute atomic E-state index is 5.62. The second kappa shape index (κ2) is 6.56. The van der Waals surface area contributed by atoms with Crippen LogP contribution in [0.4, 0.5) is 0 Å². The summed E-state index contributed by atoms with van der Waals surface area (Å²) < 4.78 is 5.62. The minimum Gasteiger partial charge on any atom is -0.420 e. The van der Waals surface area contributed by atoms with Crippen LogP contribution < -0.4 is 5.73 Å². The molecule has 2 aromatic rings. The van der Waals surface area contributed by atoms with Gasteiger partial charge in [-0.15, -0.1) is 22.0 Å². The number of nitrogens with two attached hydrogens (primary N) is 1. The smallest absolute Gasteiger partial charge is 0.247 e. The number of hydrogen-bond acceptors (Lipinski definition) is 5. The van der Waals surface area contributed by atoms with Crippen LogP contribution in [0.25, 0.3) is 11.5 Å². The normalized spacial score (nSPS) is 12.6. The van der Waals surface area contributed by atoms with E-state index in [0.29, 0.717) is 23.6 Å². The summed E-state index contributed by atoms with van der Waals surface area (Å²) in [5.41, 5.74) is 6.47. The van der Waals surface area contributed by atoms with Crippen molar-refractivity contribution in [3.63, 3.8) is 0 Å². The van der Waals surface area contributed by atoms with Crippen LogP contribution in [0.15, 0.2) is 34.7 Å². The van der Waals surface area contributed by atoms with Gasteiger partial charge in [0.2, 0.25) is 11.8 Å². The van der Waals surface area contributed by atoms with E-state index in [0.717, 1.165) is 17.7 Å². The summed E-state index contributed by atoms with van der Waals surface area (Å²) in [4.78, 5) is 0. The Kier molecular flexibility index (Phi) is 4.78. The Labute approximate surface area is 111 Å². The molecule has 0 bridgehead atoms. The van der Waals surface area contributed by atoms with Gasteiger partial charge in [-0.2, -0.15) is 0 Å². The Hall–Kier alpha value is -1.33. The van der Waals surface area contributed by atoms with Gasteiger partial charge in [-0.3, -0.25) is 0 Å². The monoisotopic (exact) mass is 263 g/mol. The van der Waals surface area contributed by atoms with Gasteiger partial charge in [-0.1, -0.05) is 25.1 Å². The van der Waals surface area contributed by atoms with E-state index in [1.165, 1.54) is 0 Å². The first-order chi connectivity index (χ1) is 8.79. The number of hydrogen-bond donors (Lipinski definition) is 1. The fraction of sp³-hybridized carbons (Fsp3) is 0.385. The summed E-state index contributed by atoms with van der Waals surface area (Å²) in [5.74, 6) is 1.99. The molecular weight excluding hydrogens is 246 g/mol. The van der Waals surface area contributed by atoms with Gasteiger partial charge in [-0.05, 0) is 25.1 Å². The van der Waals surface area contributed by atoms with Crippen LogP contribution in [0.5, 0.6) is 0 Å². The maximum Gasteiger partial charge on any atom is 0.247 e. The Morgan fingerprint density at radius 1 is 1.28 bits per heavy atom. The van der Waals surface area contributed by atoms with E-state index in [-0.39, 0.29) is 0 Å². The van der Waals surface area contributed by atoms with E-state index in [1.54, 1.807) is 11.8 Å². The molecule has 0 amide bonds. The number of rotatable bonds is 6. The van der Waals surface area contributed by atoms with Crippen LogP contribution in [-0.4, -0.2) is 22.0 Å². The van der Waals surface area contributed by atoms with Gasteiger partial charge in [-0.25, -0.2) is 0 Å². The largest absolute Gasteiger partial charge is 0.420 e. The average molecular weight is 263 g/mol. The van der Waals surface area contributed by atoms with Crippen LogP contribution >= 0.6 is 11.8 Å². The first-order valence-corrected chi connectivity index (χ1v) is 7.04. The van der Waals surface area contributed by atoms with Crippen LogP contribution in [0.1, 0.15) is 19.2 Å². The molecule has 0 saturated carbocycles. The molecule has 0 aliphatic rings. The van der Waals surface area contributed by atoms with Crippen LogP contribution in [-0.2, 0) is 5.75 Å². The first kappa shape index (κ1) is 13.1.